The molecule has 2 heteroatoms. The monoisotopic (exact) mass is 283 g/mol. The zero-order chi connectivity index (χ0) is 12.1. The van der Waals surface area contributed by atoms with Crippen LogP contribution in [0.4, 0.5) is 0 Å². The molecule has 1 nitrogen and oxygen atoms in total. The minimum Gasteiger partial charge on any atom is -0.310 e. The van der Waals surface area contributed by atoms with E-state index in [1.165, 1.54) is 22.0 Å². The van der Waals surface area contributed by atoms with Crippen molar-refractivity contribution in [3.63, 3.8) is 0 Å². The Kier molecular flexibility index (Phi) is 5.50. The van der Waals surface area contributed by atoms with E-state index in [-0.39, 0.29) is 0 Å². The molecule has 1 atom stereocenters. The lowest BCUT2D eigenvalue weighted by Gasteiger charge is -2.24. The van der Waals surface area contributed by atoms with Crippen LogP contribution in [-0.4, -0.2) is 6.54 Å². The lowest BCUT2D eigenvalue weighted by molar-refractivity contribution is 0.411. The fourth-order valence-electron chi connectivity index (χ4n) is 1.89. The quantitative estimate of drug-likeness (QED) is 0.842. The first-order chi connectivity index (χ1) is 7.56. The highest BCUT2D eigenvalue weighted by molar-refractivity contribution is 9.10. The Hall–Kier alpha value is -0.340. The summed E-state index contributed by atoms with van der Waals surface area (Å²) in [7, 11) is 0. The largest absolute Gasteiger partial charge is 0.310 e. The van der Waals surface area contributed by atoms with Gasteiger partial charge in [0.05, 0.1) is 0 Å². The summed E-state index contributed by atoms with van der Waals surface area (Å²) < 4.78 is 1.22. The maximum absolute atomic E-state index is 3.67. The molecule has 1 aromatic rings. The standard InChI is InChI=1S/C14H22BrN/c1-5-8-16-14(10(2)3)12-7-6-11(4)9-13(12)15/h6-7,9-10,14,16H,5,8H2,1-4H3. The summed E-state index contributed by atoms with van der Waals surface area (Å²) in [5.74, 6) is 0.602. The normalized spacial score (nSPS) is 13.1. The average molecular weight is 284 g/mol. The molecule has 0 aliphatic rings. The van der Waals surface area contributed by atoms with Crippen molar-refractivity contribution in [2.75, 3.05) is 6.54 Å². The molecule has 90 valence electrons. The predicted octanol–water partition coefficient (Wildman–Crippen LogP) is 4.45. The van der Waals surface area contributed by atoms with E-state index < -0.39 is 0 Å². The van der Waals surface area contributed by atoms with Crippen LogP contribution < -0.4 is 5.32 Å². The van der Waals surface area contributed by atoms with Crippen molar-refractivity contribution in [1.82, 2.24) is 5.32 Å². The van der Waals surface area contributed by atoms with Crippen molar-refractivity contribution in [3.05, 3.63) is 33.8 Å². The molecule has 0 aromatic heterocycles. The molecule has 0 saturated heterocycles. The van der Waals surface area contributed by atoms with Gasteiger partial charge in [-0.15, -0.1) is 0 Å². The predicted molar refractivity (Wildman–Crippen MR) is 74.8 cm³/mol. The van der Waals surface area contributed by atoms with Gasteiger partial charge in [-0.25, -0.2) is 0 Å². The fraction of sp³-hybridized carbons (Fsp3) is 0.571. The van der Waals surface area contributed by atoms with Crippen molar-refractivity contribution in [2.45, 2.75) is 40.2 Å². The van der Waals surface area contributed by atoms with Crippen LogP contribution >= 0.6 is 15.9 Å². The van der Waals surface area contributed by atoms with E-state index in [0.29, 0.717) is 12.0 Å². The Balaban J connectivity index is 2.92. The second kappa shape index (κ2) is 6.41. The van der Waals surface area contributed by atoms with Gasteiger partial charge in [0.1, 0.15) is 0 Å². The molecule has 0 aliphatic heterocycles. The molecule has 1 aromatic carbocycles. The van der Waals surface area contributed by atoms with Crippen molar-refractivity contribution in [1.29, 1.82) is 0 Å². The van der Waals surface area contributed by atoms with Gasteiger partial charge < -0.3 is 5.32 Å². The third-order valence-corrected chi connectivity index (χ3v) is 3.46. The summed E-state index contributed by atoms with van der Waals surface area (Å²) in [6.07, 6.45) is 1.17. The number of hydrogen-bond acceptors (Lipinski definition) is 1. The van der Waals surface area contributed by atoms with Gasteiger partial charge in [-0.2, -0.15) is 0 Å². The summed E-state index contributed by atoms with van der Waals surface area (Å²) in [6.45, 7) is 9.93. The summed E-state index contributed by atoms with van der Waals surface area (Å²) in [4.78, 5) is 0. The van der Waals surface area contributed by atoms with E-state index in [1.807, 2.05) is 0 Å². The molecule has 1 unspecified atom stereocenters. The van der Waals surface area contributed by atoms with Crippen LogP contribution in [0.25, 0.3) is 0 Å². The van der Waals surface area contributed by atoms with E-state index in [2.05, 4.69) is 67.1 Å². The molecule has 16 heavy (non-hydrogen) atoms. The van der Waals surface area contributed by atoms with Gasteiger partial charge in [-0.05, 0) is 43.0 Å². The van der Waals surface area contributed by atoms with E-state index in [0.717, 1.165) is 6.54 Å². The van der Waals surface area contributed by atoms with Crippen LogP contribution in [0.1, 0.15) is 44.4 Å². The molecule has 0 saturated carbocycles. The van der Waals surface area contributed by atoms with Gasteiger partial charge in [-0.1, -0.05) is 48.8 Å². The molecule has 0 amide bonds. The molecule has 1 N–H and O–H groups in total. The number of hydrogen-bond donors (Lipinski definition) is 1. The van der Waals surface area contributed by atoms with E-state index in [9.17, 15) is 0 Å². The zero-order valence-corrected chi connectivity index (χ0v) is 12.3. The second-order valence-electron chi connectivity index (χ2n) is 4.70. The lowest BCUT2D eigenvalue weighted by atomic mass is 9.95. The number of halogens is 1. The van der Waals surface area contributed by atoms with Crippen LogP contribution in [0.3, 0.4) is 0 Å². The number of rotatable bonds is 5. The Morgan fingerprint density at radius 3 is 2.50 bits per heavy atom. The highest BCUT2D eigenvalue weighted by atomic mass is 79.9. The topological polar surface area (TPSA) is 12.0 Å². The van der Waals surface area contributed by atoms with Gasteiger partial charge in [0.25, 0.3) is 0 Å². The van der Waals surface area contributed by atoms with E-state index in [1.54, 1.807) is 0 Å². The highest BCUT2D eigenvalue weighted by Gasteiger charge is 2.17. The SMILES string of the molecule is CCCNC(c1ccc(C)cc1Br)C(C)C. The maximum Gasteiger partial charge on any atom is 0.0354 e. The van der Waals surface area contributed by atoms with Crippen LogP contribution in [0.15, 0.2) is 22.7 Å². The molecule has 0 fully saturated rings. The first kappa shape index (κ1) is 13.7. The number of nitrogens with one attached hydrogen (secondary N) is 1. The smallest absolute Gasteiger partial charge is 0.0354 e. The molecule has 0 bridgehead atoms. The average Bonchev–Trinajstić information content (AvgIpc) is 2.20. The van der Waals surface area contributed by atoms with E-state index >= 15 is 0 Å². The first-order valence-electron chi connectivity index (χ1n) is 6.05. The molecular weight excluding hydrogens is 262 g/mol. The van der Waals surface area contributed by atoms with Crippen LogP contribution in [0.5, 0.6) is 0 Å². The summed E-state index contributed by atoms with van der Waals surface area (Å²) >= 11 is 3.67. The fourth-order valence-corrected chi connectivity index (χ4v) is 2.63. The van der Waals surface area contributed by atoms with Crippen LogP contribution in [0, 0.1) is 12.8 Å². The Morgan fingerprint density at radius 1 is 1.31 bits per heavy atom. The molecule has 0 aliphatic carbocycles. The summed E-state index contributed by atoms with van der Waals surface area (Å²) in [5.41, 5.74) is 2.67. The third kappa shape index (κ3) is 3.60. The highest BCUT2D eigenvalue weighted by Crippen LogP contribution is 2.29. The van der Waals surface area contributed by atoms with Gasteiger partial charge in [0.2, 0.25) is 0 Å². The molecule has 0 radical (unpaired) electrons. The van der Waals surface area contributed by atoms with Crippen LogP contribution in [0.2, 0.25) is 0 Å². The van der Waals surface area contributed by atoms with Crippen molar-refractivity contribution >= 4 is 15.9 Å². The minimum absolute atomic E-state index is 0.440. The minimum atomic E-state index is 0.440. The third-order valence-electron chi connectivity index (χ3n) is 2.77. The zero-order valence-electron chi connectivity index (χ0n) is 10.7. The molecule has 1 rings (SSSR count). The summed E-state index contributed by atoms with van der Waals surface area (Å²) in [6, 6.07) is 7.05. The van der Waals surface area contributed by atoms with Gasteiger partial charge in [-0.3, -0.25) is 0 Å². The second-order valence-corrected chi connectivity index (χ2v) is 5.56. The maximum atomic E-state index is 3.67. The Labute approximate surface area is 108 Å². The van der Waals surface area contributed by atoms with Gasteiger partial charge in [0, 0.05) is 10.5 Å². The van der Waals surface area contributed by atoms with Crippen LogP contribution in [-0.2, 0) is 0 Å². The lowest BCUT2D eigenvalue weighted by Crippen LogP contribution is -2.26. The van der Waals surface area contributed by atoms with E-state index in [4.69, 9.17) is 0 Å². The van der Waals surface area contributed by atoms with Crippen molar-refractivity contribution in [3.8, 4) is 0 Å². The Bertz CT molecular complexity index is 334. The first-order valence-corrected chi connectivity index (χ1v) is 6.85. The molecular formula is C14H22BrN. The van der Waals surface area contributed by atoms with Gasteiger partial charge >= 0.3 is 0 Å². The number of benzene rings is 1. The van der Waals surface area contributed by atoms with Crippen molar-refractivity contribution in [2.24, 2.45) is 5.92 Å². The van der Waals surface area contributed by atoms with Gasteiger partial charge in [0.15, 0.2) is 0 Å². The summed E-state index contributed by atoms with van der Waals surface area (Å²) in [5, 5.41) is 3.62. The van der Waals surface area contributed by atoms with Crippen molar-refractivity contribution < 1.29 is 0 Å². The molecule has 0 spiro atoms. The number of aryl methyl sites for hydroxylation is 1. The molecule has 0 heterocycles. The Morgan fingerprint density at radius 2 is 2.00 bits per heavy atom.